The number of alkyl halides is 3. The minimum absolute atomic E-state index is 0.0179. The van der Waals surface area contributed by atoms with Gasteiger partial charge in [-0.3, -0.25) is 0 Å². The number of aliphatic hydroxyl groups excluding tert-OH is 1. The molecule has 27 heavy (non-hydrogen) atoms. The van der Waals surface area contributed by atoms with Crippen molar-refractivity contribution in [2.75, 3.05) is 6.54 Å². The Morgan fingerprint density at radius 1 is 1.11 bits per heavy atom. The standard InChI is InChI=1S/C21H22F3NOS/c1-14(19-13-27-20-8-7-16(12-26)11-18(19)20)25-9-3-5-15-4-2-6-17(10-15)21(22,23)24/h2,4,6-8,10-11,13-14,25-26H,3,5,9,12H2,1H3. The summed E-state index contributed by atoms with van der Waals surface area (Å²) < 4.78 is 39.5. The lowest BCUT2D eigenvalue weighted by molar-refractivity contribution is -0.137. The van der Waals surface area contributed by atoms with E-state index in [2.05, 4.69) is 17.6 Å². The number of fused-ring (bicyclic) bond motifs is 1. The van der Waals surface area contributed by atoms with Gasteiger partial charge in [0.2, 0.25) is 0 Å². The molecule has 0 aliphatic carbocycles. The topological polar surface area (TPSA) is 32.3 Å². The van der Waals surface area contributed by atoms with Gasteiger partial charge in [0, 0.05) is 10.7 Å². The van der Waals surface area contributed by atoms with Crippen LogP contribution in [0.15, 0.2) is 47.8 Å². The molecule has 0 saturated carbocycles. The fourth-order valence-electron chi connectivity index (χ4n) is 3.15. The van der Waals surface area contributed by atoms with Gasteiger partial charge < -0.3 is 10.4 Å². The van der Waals surface area contributed by atoms with Gasteiger partial charge in [-0.15, -0.1) is 11.3 Å². The normalized spacial score (nSPS) is 13.2. The van der Waals surface area contributed by atoms with E-state index in [1.165, 1.54) is 22.4 Å². The first-order valence-corrected chi connectivity index (χ1v) is 9.77. The van der Waals surface area contributed by atoms with Crippen molar-refractivity contribution in [2.45, 2.75) is 38.6 Å². The quantitative estimate of drug-likeness (QED) is 0.505. The van der Waals surface area contributed by atoms with E-state index in [0.29, 0.717) is 18.5 Å². The second-order valence-electron chi connectivity index (χ2n) is 6.66. The number of nitrogens with one attached hydrogen (secondary N) is 1. The summed E-state index contributed by atoms with van der Waals surface area (Å²) in [7, 11) is 0. The van der Waals surface area contributed by atoms with E-state index in [1.54, 1.807) is 17.4 Å². The largest absolute Gasteiger partial charge is 0.416 e. The molecule has 144 valence electrons. The van der Waals surface area contributed by atoms with Gasteiger partial charge in [-0.05, 0) is 72.0 Å². The molecule has 3 aromatic rings. The summed E-state index contributed by atoms with van der Waals surface area (Å²) in [6.07, 6.45) is -2.94. The maximum Gasteiger partial charge on any atom is 0.416 e. The van der Waals surface area contributed by atoms with Gasteiger partial charge in [0.25, 0.3) is 0 Å². The van der Waals surface area contributed by atoms with Crippen LogP contribution < -0.4 is 5.32 Å². The Morgan fingerprint density at radius 2 is 1.93 bits per heavy atom. The average molecular weight is 393 g/mol. The molecule has 0 bridgehead atoms. The molecule has 1 heterocycles. The summed E-state index contributed by atoms with van der Waals surface area (Å²) in [6, 6.07) is 11.6. The number of aliphatic hydroxyl groups is 1. The van der Waals surface area contributed by atoms with Gasteiger partial charge in [0.05, 0.1) is 12.2 Å². The lowest BCUT2D eigenvalue weighted by Gasteiger charge is -2.14. The smallest absolute Gasteiger partial charge is 0.392 e. The van der Waals surface area contributed by atoms with Crippen molar-refractivity contribution in [1.82, 2.24) is 5.32 Å². The van der Waals surface area contributed by atoms with E-state index >= 15 is 0 Å². The molecular weight excluding hydrogens is 371 g/mol. The van der Waals surface area contributed by atoms with Crippen LogP contribution in [0, 0.1) is 0 Å². The molecule has 2 N–H and O–H groups in total. The maximum atomic E-state index is 12.8. The van der Waals surface area contributed by atoms with Crippen LogP contribution in [-0.2, 0) is 19.2 Å². The van der Waals surface area contributed by atoms with Gasteiger partial charge in [-0.2, -0.15) is 13.2 Å². The highest BCUT2D eigenvalue weighted by Crippen LogP contribution is 2.31. The summed E-state index contributed by atoms with van der Waals surface area (Å²) >= 11 is 1.67. The second-order valence-corrected chi connectivity index (χ2v) is 7.57. The summed E-state index contributed by atoms with van der Waals surface area (Å²) in [6.45, 7) is 2.82. The predicted octanol–water partition coefficient (Wildman–Crippen LogP) is 5.70. The van der Waals surface area contributed by atoms with E-state index in [0.717, 1.165) is 23.4 Å². The van der Waals surface area contributed by atoms with E-state index in [4.69, 9.17) is 0 Å². The summed E-state index contributed by atoms with van der Waals surface area (Å²) in [5.74, 6) is 0. The molecule has 0 radical (unpaired) electrons. The molecule has 0 aliphatic rings. The Hall–Kier alpha value is -1.89. The molecule has 1 aromatic heterocycles. The number of benzene rings is 2. The Labute approximate surface area is 160 Å². The van der Waals surface area contributed by atoms with Crippen molar-refractivity contribution < 1.29 is 18.3 Å². The number of hydrogen-bond donors (Lipinski definition) is 2. The molecule has 0 fully saturated rings. The van der Waals surface area contributed by atoms with Crippen LogP contribution >= 0.6 is 11.3 Å². The number of rotatable bonds is 7. The van der Waals surface area contributed by atoms with E-state index in [1.807, 2.05) is 18.2 Å². The fourth-order valence-corrected chi connectivity index (χ4v) is 4.19. The zero-order valence-electron chi connectivity index (χ0n) is 15.0. The molecule has 0 saturated heterocycles. The molecule has 2 nitrogen and oxygen atoms in total. The van der Waals surface area contributed by atoms with Crippen LogP contribution in [0.25, 0.3) is 10.1 Å². The summed E-state index contributed by atoms with van der Waals surface area (Å²) in [5, 5.41) is 16.0. The van der Waals surface area contributed by atoms with E-state index < -0.39 is 11.7 Å². The zero-order chi connectivity index (χ0) is 19.4. The summed E-state index contributed by atoms with van der Waals surface area (Å²) in [4.78, 5) is 0. The number of thiophene rings is 1. The average Bonchev–Trinajstić information content (AvgIpc) is 3.07. The first-order chi connectivity index (χ1) is 12.9. The van der Waals surface area contributed by atoms with E-state index in [9.17, 15) is 18.3 Å². The Kier molecular flexibility index (Phi) is 6.19. The van der Waals surface area contributed by atoms with E-state index in [-0.39, 0.29) is 12.6 Å². The van der Waals surface area contributed by atoms with Crippen molar-refractivity contribution in [3.05, 3.63) is 70.1 Å². The van der Waals surface area contributed by atoms with Crippen LogP contribution in [0.3, 0.4) is 0 Å². The predicted molar refractivity (Wildman–Crippen MR) is 104 cm³/mol. The first-order valence-electron chi connectivity index (χ1n) is 8.89. The zero-order valence-corrected chi connectivity index (χ0v) is 15.8. The third-order valence-electron chi connectivity index (χ3n) is 4.66. The molecule has 2 aromatic carbocycles. The maximum absolute atomic E-state index is 12.8. The van der Waals surface area contributed by atoms with Crippen molar-refractivity contribution in [1.29, 1.82) is 0 Å². The van der Waals surface area contributed by atoms with Gasteiger partial charge in [0.15, 0.2) is 0 Å². The molecule has 6 heteroatoms. The third kappa shape index (κ3) is 4.89. The summed E-state index contributed by atoms with van der Waals surface area (Å²) in [5.41, 5.74) is 2.18. The Bertz CT molecular complexity index is 904. The van der Waals surface area contributed by atoms with Gasteiger partial charge in [0.1, 0.15) is 0 Å². The lowest BCUT2D eigenvalue weighted by atomic mass is 10.0. The monoisotopic (exact) mass is 393 g/mol. The van der Waals surface area contributed by atoms with Crippen molar-refractivity contribution in [3.63, 3.8) is 0 Å². The molecular formula is C21H22F3NOS. The van der Waals surface area contributed by atoms with Crippen molar-refractivity contribution >= 4 is 21.4 Å². The number of halogens is 3. The van der Waals surface area contributed by atoms with Gasteiger partial charge >= 0.3 is 6.18 Å². The van der Waals surface area contributed by atoms with Gasteiger partial charge in [-0.25, -0.2) is 0 Å². The second kappa shape index (κ2) is 8.42. The molecule has 3 rings (SSSR count). The SMILES string of the molecule is CC(NCCCc1cccc(C(F)(F)F)c1)c1csc2ccc(CO)cc12. The van der Waals surface area contributed by atoms with Gasteiger partial charge in [-0.1, -0.05) is 24.3 Å². The van der Waals surface area contributed by atoms with Crippen molar-refractivity contribution in [2.24, 2.45) is 0 Å². The molecule has 0 amide bonds. The van der Waals surface area contributed by atoms with Crippen LogP contribution in [0.2, 0.25) is 0 Å². The Balaban J connectivity index is 1.57. The number of aryl methyl sites for hydroxylation is 1. The first kappa shape index (κ1) is 19.9. The number of hydrogen-bond acceptors (Lipinski definition) is 3. The fraction of sp³-hybridized carbons (Fsp3) is 0.333. The highest BCUT2D eigenvalue weighted by atomic mass is 32.1. The molecule has 1 atom stereocenters. The van der Waals surface area contributed by atoms with Crippen LogP contribution in [-0.4, -0.2) is 11.7 Å². The molecule has 0 aliphatic heterocycles. The minimum Gasteiger partial charge on any atom is -0.392 e. The van der Waals surface area contributed by atoms with Crippen molar-refractivity contribution in [3.8, 4) is 0 Å². The third-order valence-corrected chi connectivity index (χ3v) is 5.65. The molecule has 1 unspecified atom stereocenters. The highest BCUT2D eigenvalue weighted by molar-refractivity contribution is 7.17. The highest BCUT2D eigenvalue weighted by Gasteiger charge is 2.30. The lowest BCUT2D eigenvalue weighted by Crippen LogP contribution is -2.20. The van der Waals surface area contributed by atoms with Crippen LogP contribution in [0.4, 0.5) is 13.2 Å². The van der Waals surface area contributed by atoms with Crippen LogP contribution in [0.1, 0.15) is 41.6 Å². The molecule has 0 spiro atoms. The Morgan fingerprint density at radius 3 is 2.67 bits per heavy atom. The van der Waals surface area contributed by atoms with Crippen LogP contribution in [0.5, 0.6) is 0 Å². The minimum atomic E-state index is -4.30.